The highest BCUT2D eigenvalue weighted by Crippen LogP contribution is 2.28. The molecule has 0 atom stereocenters. The number of amides is 2. The Morgan fingerprint density at radius 2 is 1.56 bits per heavy atom. The van der Waals surface area contributed by atoms with E-state index in [2.05, 4.69) is 0 Å². The van der Waals surface area contributed by atoms with Crippen molar-refractivity contribution in [3.05, 3.63) is 33.8 Å². The van der Waals surface area contributed by atoms with Crippen LogP contribution in [0.2, 0.25) is 10.0 Å². The number of hydrogen-bond donors (Lipinski definition) is 0. The molecule has 6 heteroatoms. The van der Waals surface area contributed by atoms with Crippen LogP contribution in [0, 0.1) is 5.92 Å². The van der Waals surface area contributed by atoms with Gasteiger partial charge in [0.05, 0.1) is 6.42 Å². The van der Waals surface area contributed by atoms with E-state index >= 15 is 0 Å². The van der Waals surface area contributed by atoms with Gasteiger partial charge in [-0.05, 0) is 36.5 Å². The Morgan fingerprint density at radius 1 is 0.960 bits per heavy atom. The van der Waals surface area contributed by atoms with Crippen LogP contribution in [-0.2, 0) is 16.0 Å². The summed E-state index contributed by atoms with van der Waals surface area (Å²) in [7, 11) is 0. The summed E-state index contributed by atoms with van der Waals surface area (Å²) in [5.74, 6) is 0.867. The Balaban J connectivity index is 1.47. The van der Waals surface area contributed by atoms with E-state index in [9.17, 15) is 9.59 Å². The normalized spacial score (nSPS) is 18.6. The van der Waals surface area contributed by atoms with Crippen molar-refractivity contribution in [2.75, 3.05) is 26.2 Å². The van der Waals surface area contributed by atoms with Crippen LogP contribution in [-0.4, -0.2) is 47.8 Å². The Morgan fingerprint density at radius 3 is 2.16 bits per heavy atom. The highest BCUT2D eigenvalue weighted by Gasteiger charge is 2.27. The van der Waals surface area contributed by atoms with Crippen molar-refractivity contribution in [1.29, 1.82) is 0 Å². The number of carbonyl (C=O) groups is 2. The molecule has 1 aliphatic carbocycles. The van der Waals surface area contributed by atoms with E-state index in [1.54, 1.807) is 18.2 Å². The fourth-order valence-corrected chi connectivity index (χ4v) is 4.21. The summed E-state index contributed by atoms with van der Waals surface area (Å²) in [6.45, 7) is 2.46. The van der Waals surface area contributed by atoms with Crippen LogP contribution in [0.4, 0.5) is 0 Å². The number of benzene rings is 1. The maximum Gasteiger partial charge on any atom is 0.227 e. The number of rotatable bonds is 4. The quantitative estimate of drug-likeness (QED) is 0.794. The third-order valence-electron chi connectivity index (χ3n) is 5.28. The molecule has 4 nitrogen and oxygen atoms in total. The smallest absolute Gasteiger partial charge is 0.227 e. The topological polar surface area (TPSA) is 40.6 Å². The molecule has 136 valence electrons. The summed E-state index contributed by atoms with van der Waals surface area (Å²) in [4.78, 5) is 28.6. The molecule has 2 aliphatic rings. The van der Waals surface area contributed by atoms with Gasteiger partial charge in [-0.25, -0.2) is 0 Å². The zero-order valence-electron chi connectivity index (χ0n) is 14.3. The average molecular weight is 383 g/mol. The molecule has 0 radical (unpaired) electrons. The highest BCUT2D eigenvalue weighted by atomic mass is 35.5. The van der Waals surface area contributed by atoms with Crippen LogP contribution < -0.4 is 0 Å². The van der Waals surface area contributed by atoms with Crippen LogP contribution >= 0.6 is 23.2 Å². The summed E-state index contributed by atoms with van der Waals surface area (Å²) in [6.07, 6.45) is 5.83. The van der Waals surface area contributed by atoms with Gasteiger partial charge in [0.2, 0.25) is 11.8 Å². The van der Waals surface area contributed by atoms with Gasteiger partial charge in [0, 0.05) is 42.6 Å². The van der Waals surface area contributed by atoms with Crippen LogP contribution in [0.3, 0.4) is 0 Å². The second kappa shape index (κ2) is 8.41. The lowest BCUT2D eigenvalue weighted by atomic mass is 10.0. The third kappa shape index (κ3) is 4.89. The van der Waals surface area contributed by atoms with Crippen molar-refractivity contribution in [2.45, 2.75) is 38.5 Å². The molecule has 1 aromatic carbocycles. The zero-order valence-corrected chi connectivity index (χ0v) is 15.9. The Kier molecular flexibility index (Phi) is 6.24. The van der Waals surface area contributed by atoms with Crippen LogP contribution in [0.15, 0.2) is 18.2 Å². The van der Waals surface area contributed by atoms with Crippen molar-refractivity contribution in [1.82, 2.24) is 9.80 Å². The molecular formula is C19H24Cl2N2O2. The van der Waals surface area contributed by atoms with Crippen molar-refractivity contribution in [2.24, 2.45) is 5.92 Å². The van der Waals surface area contributed by atoms with Gasteiger partial charge < -0.3 is 9.80 Å². The molecule has 1 heterocycles. The van der Waals surface area contributed by atoms with Gasteiger partial charge in [-0.15, -0.1) is 0 Å². The van der Waals surface area contributed by atoms with E-state index in [0.717, 1.165) is 5.56 Å². The molecule has 3 rings (SSSR count). The van der Waals surface area contributed by atoms with E-state index in [4.69, 9.17) is 23.2 Å². The molecular weight excluding hydrogens is 359 g/mol. The van der Waals surface area contributed by atoms with Crippen molar-refractivity contribution in [3.63, 3.8) is 0 Å². The van der Waals surface area contributed by atoms with Crippen LogP contribution in [0.1, 0.15) is 37.7 Å². The number of halogens is 2. The number of nitrogens with zero attached hydrogens (tertiary/aromatic N) is 2. The van der Waals surface area contributed by atoms with Gasteiger partial charge >= 0.3 is 0 Å². The lowest BCUT2D eigenvalue weighted by Gasteiger charge is -2.35. The summed E-state index contributed by atoms with van der Waals surface area (Å²) in [5.41, 5.74) is 0.788. The van der Waals surface area contributed by atoms with E-state index in [-0.39, 0.29) is 18.2 Å². The molecule has 0 bridgehead atoms. The van der Waals surface area contributed by atoms with Crippen LogP contribution in [0.5, 0.6) is 0 Å². The zero-order chi connectivity index (χ0) is 17.8. The van der Waals surface area contributed by atoms with Crippen molar-refractivity contribution in [3.8, 4) is 0 Å². The second-order valence-corrected chi connectivity index (χ2v) is 7.87. The first-order chi connectivity index (χ1) is 12.0. The second-order valence-electron chi connectivity index (χ2n) is 7.03. The molecule has 0 spiro atoms. The first kappa shape index (κ1) is 18.5. The van der Waals surface area contributed by atoms with Gasteiger partial charge in [-0.1, -0.05) is 42.1 Å². The summed E-state index contributed by atoms with van der Waals surface area (Å²) >= 11 is 12.0. The molecule has 25 heavy (non-hydrogen) atoms. The highest BCUT2D eigenvalue weighted by molar-refractivity contribution is 6.35. The van der Waals surface area contributed by atoms with Gasteiger partial charge in [0.15, 0.2) is 0 Å². The average Bonchev–Trinajstić information content (AvgIpc) is 3.10. The molecule has 1 saturated carbocycles. The minimum absolute atomic E-state index is 0.0483. The Bertz CT molecular complexity index is 636. The molecule has 2 amide bonds. The molecule has 2 fully saturated rings. The lowest BCUT2D eigenvalue weighted by molar-refractivity contribution is -0.139. The molecule has 0 unspecified atom stereocenters. The van der Waals surface area contributed by atoms with E-state index in [1.807, 2.05) is 9.80 Å². The molecule has 0 N–H and O–H groups in total. The SMILES string of the molecule is O=C(Cc1ccc(Cl)cc1Cl)N1CCN(C(=O)CC2CCCC2)CC1. The van der Waals surface area contributed by atoms with Crippen molar-refractivity contribution < 1.29 is 9.59 Å². The van der Waals surface area contributed by atoms with Gasteiger partial charge in [0.1, 0.15) is 0 Å². The minimum atomic E-state index is 0.0483. The van der Waals surface area contributed by atoms with E-state index < -0.39 is 0 Å². The molecule has 1 saturated heterocycles. The van der Waals surface area contributed by atoms with E-state index in [0.29, 0.717) is 48.6 Å². The maximum atomic E-state index is 12.5. The molecule has 0 aromatic heterocycles. The fraction of sp³-hybridized carbons (Fsp3) is 0.579. The molecule has 1 aromatic rings. The van der Waals surface area contributed by atoms with Gasteiger partial charge in [-0.2, -0.15) is 0 Å². The number of carbonyl (C=O) groups excluding carboxylic acids is 2. The largest absolute Gasteiger partial charge is 0.339 e. The summed E-state index contributed by atoms with van der Waals surface area (Å²) < 4.78 is 0. The minimum Gasteiger partial charge on any atom is -0.339 e. The summed E-state index contributed by atoms with van der Waals surface area (Å²) in [5, 5.41) is 1.09. The van der Waals surface area contributed by atoms with Crippen LogP contribution in [0.25, 0.3) is 0 Å². The maximum absolute atomic E-state index is 12.5. The fourth-order valence-electron chi connectivity index (χ4n) is 3.74. The predicted molar refractivity (Wildman–Crippen MR) is 99.9 cm³/mol. The molecule has 1 aliphatic heterocycles. The van der Waals surface area contributed by atoms with Gasteiger partial charge in [0.25, 0.3) is 0 Å². The summed E-state index contributed by atoms with van der Waals surface area (Å²) in [6, 6.07) is 5.20. The third-order valence-corrected chi connectivity index (χ3v) is 5.87. The lowest BCUT2D eigenvalue weighted by Crippen LogP contribution is -2.51. The van der Waals surface area contributed by atoms with Gasteiger partial charge in [-0.3, -0.25) is 9.59 Å². The monoisotopic (exact) mass is 382 g/mol. The Hall–Kier alpha value is -1.26. The first-order valence-electron chi connectivity index (χ1n) is 9.02. The van der Waals surface area contributed by atoms with E-state index in [1.165, 1.54) is 25.7 Å². The Labute approximate surface area is 159 Å². The van der Waals surface area contributed by atoms with Crippen molar-refractivity contribution >= 4 is 35.0 Å². The predicted octanol–water partition coefficient (Wildman–Crippen LogP) is 3.79. The number of hydrogen-bond acceptors (Lipinski definition) is 2. The number of piperazine rings is 1. The standard InChI is InChI=1S/C19H24Cl2N2O2/c20-16-6-5-15(17(21)13-16)12-19(25)23-9-7-22(8-10-23)18(24)11-14-3-1-2-4-14/h5-6,13-14H,1-4,7-12H2. The first-order valence-corrected chi connectivity index (χ1v) is 9.78.